The van der Waals surface area contributed by atoms with Gasteiger partial charge in [-0.25, -0.2) is 14.4 Å². The van der Waals surface area contributed by atoms with Crippen LogP contribution in [0.25, 0.3) is 0 Å². The fourth-order valence-corrected chi connectivity index (χ4v) is 2.58. The topological polar surface area (TPSA) is 102 Å². The van der Waals surface area contributed by atoms with E-state index in [2.05, 4.69) is 25.0 Å². The molecular weight excluding hydrogens is 487 g/mol. The van der Waals surface area contributed by atoms with Crippen LogP contribution in [-0.2, 0) is 10.9 Å². The van der Waals surface area contributed by atoms with Crippen LogP contribution >= 0.6 is 11.6 Å². The maximum absolute atomic E-state index is 12.7. The number of alkyl halides is 6. The van der Waals surface area contributed by atoms with Gasteiger partial charge in [-0.3, -0.25) is 9.79 Å². The van der Waals surface area contributed by atoms with Gasteiger partial charge in [-0.05, 0) is 25.1 Å². The number of pyridine rings is 2. The Kier molecular flexibility index (Phi) is 8.19. The van der Waals surface area contributed by atoms with Crippen LogP contribution in [0.4, 0.5) is 36.6 Å². The molecule has 1 aliphatic rings. The van der Waals surface area contributed by atoms with Gasteiger partial charge in [-0.1, -0.05) is 11.6 Å². The molecule has 0 saturated heterocycles. The van der Waals surface area contributed by atoms with Crippen LogP contribution in [0.5, 0.6) is 0 Å². The predicted molar refractivity (Wildman–Crippen MR) is 103 cm³/mol. The van der Waals surface area contributed by atoms with Gasteiger partial charge in [0.2, 0.25) is 6.10 Å². The maximum Gasteiger partial charge on any atom is 0.421 e. The molecule has 180 valence electrons. The van der Waals surface area contributed by atoms with E-state index in [1.807, 2.05) is 0 Å². The van der Waals surface area contributed by atoms with Crippen LogP contribution in [0.2, 0.25) is 5.02 Å². The number of nitrogens with one attached hydrogen (secondary N) is 1. The average Bonchev–Trinajstić information content (AvgIpc) is 2.68. The Morgan fingerprint density at radius 2 is 1.85 bits per heavy atom. The highest BCUT2D eigenvalue weighted by Crippen LogP contribution is 2.31. The van der Waals surface area contributed by atoms with Crippen molar-refractivity contribution >= 4 is 29.2 Å². The summed E-state index contributed by atoms with van der Waals surface area (Å²) >= 11 is 5.62. The minimum atomic E-state index is -4.61. The lowest BCUT2D eigenvalue weighted by Gasteiger charge is -2.26. The zero-order chi connectivity index (χ0) is 25.0. The monoisotopic (exact) mass is 501 g/mol. The lowest BCUT2D eigenvalue weighted by atomic mass is 10.2. The fourth-order valence-electron chi connectivity index (χ4n) is 2.33. The van der Waals surface area contributed by atoms with E-state index in [4.69, 9.17) is 17.3 Å². The summed E-state index contributed by atoms with van der Waals surface area (Å²) in [6.45, 7) is 1.60. The van der Waals surface area contributed by atoms with Crippen LogP contribution in [0, 0.1) is 5.82 Å². The molecule has 0 bridgehead atoms. The summed E-state index contributed by atoms with van der Waals surface area (Å²) in [5.41, 5.74) is 3.60. The van der Waals surface area contributed by atoms with Gasteiger partial charge in [0.15, 0.2) is 0 Å². The number of carbonyl (C=O) groups is 1. The lowest BCUT2D eigenvalue weighted by Crippen LogP contribution is -2.47. The number of amides is 1. The van der Waals surface area contributed by atoms with E-state index >= 15 is 0 Å². The third-order valence-corrected chi connectivity index (χ3v) is 4.08. The molecule has 2 atom stereocenters. The van der Waals surface area contributed by atoms with Crippen molar-refractivity contribution in [1.82, 2.24) is 9.97 Å². The predicted octanol–water partition coefficient (Wildman–Crippen LogP) is 4.23. The maximum atomic E-state index is 12.7. The van der Waals surface area contributed by atoms with Crippen LogP contribution in [0.3, 0.4) is 0 Å². The Bertz CT molecular complexity index is 1010. The van der Waals surface area contributed by atoms with E-state index in [-0.39, 0.29) is 18.5 Å². The summed E-state index contributed by atoms with van der Waals surface area (Å²) in [4.78, 5) is 22.4. The summed E-state index contributed by atoms with van der Waals surface area (Å²) in [6, 6.07) is 2.56. The first kappa shape index (κ1) is 26.3. The minimum Gasteiger partial charge on any atom is -0.385 e. The second-order valence-electron chi connectivity index (χ2n) is 6.53. The van der Waals surface area contributed by atoms with Crippen molar-refractivity contribution in [1.29, 1.82) is 0 Å². The van der Waals surface area contributed by atoms with Crippen molar-refractivity contribution in [2.24, 2.45) is 10.7 Å². The molecule has 3 rings (SSSR count). The van der Waals surface area contributed by atoms with Gasteiger partial charge in [0.25, 0.3) is 5.91 Å². The standard InChI is InChI=1S/C12H6ClF4N3O.C6H9F3N2O/c13-8-3-6(12(15,16)17)4-19-10(8)11(21)20-9-2-1-7(14)5-18-9;1-3-2-12-4(5(10)11-3)6(7,8)9/h1-5H,(H,18,20,21);3-4H,2H2,1H3,(H2,10,11). The molecule has 0 fully saturated rings. The Hall–Kier alpha value is -3.00. The Morgan fingerprint density at radius 1 is 1.18 bits per heavy atom. The molecule has 0 saturated carbocycles. The van der Waals surface area contributed by atoms with Gasteiger partial charge in [-0.2, -0.15) is 26.3 Å². The molecule has 0 radical (unpaired) electrons. The first-order valence-corrected chi connectivity index (χ1v) is 9.23. The number of aromatic nitrogens is 2. The number of hydrogen-bond acceptors (Lipinski definition) is 6. The zero-order valence-corrected chi connectivity index (χ0v) is 17.3. The number of nitrogens with zero attached hydrogens (tertiary/aromatic N) is 3. The number of amidine groups is 1. The Balaban J connectivity index is 0.000000273. The van der Waals surface area contributed by atoms with Crippen LogP contribution in [0.1, 0.15) is 23.0 Å². The van der Waals surface area contributed by atoms with Crippen LogP contribution < -0.4 is 11.1 Å². The van der Waals surface area contributed by atoms with Crippen LogP contribution in [0.15, 0.2) is 35.6 Å². The quantitative estimate of drug-likeness (QED) is 0.600. The number of aliphatic imine (C=N–C) groups is 1. The van der Waals surface area contributed by atoms with Crippen LogP contribution in [-0.4, -0.2) is 46.6 Å². The molecular formula is C18H15ClF7N5O2. The molecule has 2 aromatic heterocycles. The molecule has 7 nitrogen and oxygen atoms in total. The fraction of sp³-hybridized carbons (Fsp3) is 0.333. The normalized spacial score (nSPS) is 18.6. The third-order valence-electron chi connectivity index (χ3n) is 3.79. The Labute approximate surface area is 186 Å². The van der Waals surface area contributed by atoms with Crippen molar-refractivity contribution in [2.75, 3.05) is 11.9 Å². The van der Waals surface area contributed by atoms with E-state index in [1.54, 1.807) is 6.92 Å². The van der Waals surface area contributed by atoms with Crippen molar-refractivity contribution in [3.05, 3.63) is 52.7 Å². The second kappa shape index (κ2) is 10.3. The average molecular weight is 502 g/mol. The minimum absolute atomic E-state index is 0.0131. The van der Waals surface area contributed by atoms with Crippen molar-refractivity contribution in [3.8, 4) is 0 Å². The van der Waals surface area contributed by atoms with E-state index in [0.717, 1.165) is 12.3 Å². The van der Waals surface area contributed by atoms with Crippen molar-refractivity contribution < 1.29 is 40.3 Å². The largest absolute Gasteiger partial charge is 0.421 e. The molecule has 0 spiro atoms. The van der Waals surface area contributed by atoms with Crippen molar-refractivity contribution in [2.45, 2.75) is 31.4 Å². The zero-order valence-electron chi connectivity index (χ0n) is 16.5. The van der Waals surface area contributed by atoms with E-state index < -0.39 is 52.3 Å². The van der Waals surface area contributed by atoms with E-state index in [0.29, 0.717) is 12.3 Å². The highest BCUT2D eigenvalue weighted by Gasteiger charge is 2.45. The SMILES string of the molecule is CC1COC(C(F)(F)F)C(N)=N1.O=C(Nc1ccc(F)cn1)c1ncc(C(F)(F)F)cc1Cl. The van der Waals surface area contributed by atoms with Crippen molar-refractivity contribution in [3.63, 3.8) is 0 Å². The summed E-state index contributed by atoms with van der Waals surface area (Å²) in [6.07, 6.45) is -9.71. The number of hydrogen-bond donors (Lipinski definition) is 2. The molecule has 0 aromatic carbocycles. The molecule has 0 aliphatic carbocycles. The number of ether oxygens (including phenoxy) is 1. The molecule has 2 aromatic rings. The van der Waals surface area contributed by atoms with Gasteiger partial charge in [-0.15, -0.1) is 0 Å². The number of rotatable bonds is 2. The lowest BCUT2D eigenvalue weighted by molar-refractivity contribution is -0.200. The molecule has 2 unspecified atom stereocenters. The first-order valence-electron chi connectivity index (χ1n) is 8.85. The number of carbonyl (C=O) groups excluding carboxylic acids is 1. The number of anilines is 1. The Morgan fingerprint density at radius 3 is 2.33 bits per heavy atom. The third kappa shape index (κ3) is 7.53. The summed E-state index contributed by atoms with van der Waals surface area (Å²) in [7, 11) is 0. The van der Waals surface area contributed by atoms with Gasteiger partial charge in [0.1, 0.15) is 23.2 Å². The first-order chi connectivity index (χ1) is 15.2. The molecule has 3 heterocycles. The van der Waals surface area contributed by atoms with E-state index in [9.17, 15) is 35.5 Å². The summed E-state index contributed by atoms with van der Waals surface area (Å²) in [5, 5.41) is 1.79. The number of halogens is 8. The smallest absolute Gasteiger partial charge is 0.385 e. The summed E-state index contributed by atoms with van der Waals surface area (Å²) < 4.78 is 90.6. The van der Waals surface area contributed by atoms with Gasteiger partial charge >= 0.3 is 12.4 Å². The highest BCUT2D eigenvalue weighted by atomic mass is 35.5. The highest BCUT2D eigenvalue weighted by molar-refractivity contribution is 6.34. The number of nitrogens with two attached hydrogens (primary N) is 1. The molecule has 33 heavy (non-hydrogen) atoms. The van der Waals surface area contributed by atoms with Gasteiger partial charge < -0.3 is 15.8 Å². The molecule has 1 amide bonds. The van der Waals surface area contributed by atoms with E-state index in [1.165, 1.54) is 6.07 Å². The van der Waals surface area contributed by atoms with Gasteiger partial charge in [0, 0.05) is 6.20 Å². The molecule has 3 N–H and O–H groups in total. The molecule has 1 aliphatic heterocycles. The second-order valence-corrected chi connectivity index (χ2v) is 6.93. The summed E-state index contributed by atoms with van der Waals surface area (Å²) in [5.74, 6) is -1.92. The molecule has 15 heteroatoms. The van der Waals surface area contributed by atoms with Gasteiger partial charge in [0.05, 0.1) is 29.4 Å².